The molecule has 2 heterocycles. The number of hydrogen-bond donors (Lipinski definition) is 2. The second-order valence-corrected chi connectivity index (χ2v) is 7.28. The average molecular weight is 274 g/mol. The Morgan fingerprint density at radius 1 is 1.53 bits per heavy atom. The first-order valence-corrected chi connectivity index (χ1v) is 8.02. The second-order valence-electron chi connectivity index (χ2n) is 4.13. The fourth-order valence-corrected chi connectivity index (χ4v) is 4.25. The number of amides is 1. The fraction of sp³-hybridized carbons (Fsp3) is 0.500. The molecule has 7 heteroatoms. The van der Waals surface area contributed by atoms with E-state index in [0.29, 0.717) is 23.4 Å². The van der Waals surface area contributed by atoms with Gasteiger partial charge in [-0.2, -0.15) is 0 Å². The van der Waals surface area contributed by atoms with Crippen LogP contribution in [0.15, 0.2) is 11.4 Å². The van der Waals surface area contributed by atoms with Gasteiger partial charge in [0.05, 0.1) is 17.2 Å². The summed E-state index contributed by atoms with van der Waals surface area (Å²) >= 11 is 1.26. The second kappa shape index (κ2) is 4.66. The van der Waals surface area contributed by atoms with Crippen molar-refractivity contribution in [2.24, 2.45) is 0 Å². The molecule has 0 aromatic carbocycles. The summed E-state index contributed by atoms with van der Waals surface area (Å²) in [5, 5.41) is 4.47. The predicted octanol–water partition coefficient (Wildman–Crippen LogP) is 0.637. The van der Waals surface area contributed by atoms with E-state index in [1.54, 1.807) is 11.4 Å². The number of hydrogen-bond acceptors (Lipinski definition) is 5. The van der Waals surface area contributed by atoms with Gasteiger partial charge in [0.15, 0.2) is 9.84 Å². The van der Waals surface area contributed by atoms with Gasteiger partial charge in [-0.1, -0.05) is 0 Å². The molecular formula is C10H14N2O3S2. The molecule has 0 bridgehead atoms. The van der Waals surface area contributed by atoms with Gasteiger partial charge in [-0.15, -0.1) is 11.3 Å². The normalized spacial score (nSPS) is 23.2. The zero-order valence-electron chi connectivity index (χ0n) is 9.18. The lowest BCUT2D eigenvalue weighted by atomic mass is 10.2. The number of thiophene rings is 1. The van der Waals surface area contributed by atoms with E-state index < -0.39 is 9.84 Å². The number of anilines is 1. The number of carbonyl (C=O) groups is 1. The molecule has 17 heavy (non-hydrogen) atoms. The molecule has 0 spiro atoms. The van der Waals surface area contributed by atoms with Crippen molar-refractivity contribution in [2.75, 3.05) is 17.2 Å². The number of nitrogen functional groups attached to an aromatic ring is 1. The van der Waals surface area contributed by atoms with E-state index in [4.69, 9.17) is 5.73 Å². The first-order valence-electron chi connectivity index (χ1n) is 5.32. The largest absolute Gasteiger partial charge is 0.397 e. The van der Waals surface area contributed by atoms with Crippen LogP contribution in [0, 0.1) is 0 Å². The standard InChI is InChI=1S/C10H14N2O3S2/c11-8-3-4-16-9(8)10(13)12-7-2-1-5-17(14,15)6-7/h3-4,7H,1-2,5-6,11H2,(H,12,13). The quantitative estimate of drug-likeness (QED) is 0.828. The molecule has 94 valence electrons. The highest BCUT2D eigenvalue weighted by Crippen LogP contribution is 2.19. The summed E-state index contributed by atoms with van der Waals surface area (Å²) in [7, 11) is -3.00. The van der Waals surface area contributed by atoms with Crippen LogP contribution in [-0.4, -0.2) is 31.9 Å². The Balaban J connectivity index is 2.02. The summed E-state index contributed by atoms with van der Waals surface area (Å²) in [6.45, 7) is 0. The molecule has 0 saturated carbocycles. The van der Waals surface area contributed by atoms with E-state index >= 15 is 0 Å². The molecular weight excluding hydrogens is 260 g/mol. The molecule has 1 amide bonds. The molecule has 1 atom stereocenters. The van der Waals surface area contributed by atoms with Crippen LogP contribution in [0.3, 0.4) is 0 Å². The summed E-state index contributed by atoms with van der Waals surface area (Å²) in [6, 6.07) is 1.37. The van der Waals surface area contributed by atoms with Gasteiger partial charge in [0.1, 0.15) is 4.88 Å². The van der Waals surface area contributed by atoms with Crippen LogP contribution in [0.4, 0.5) is 5.69 Å². The van der Waals surface area contributed by atoms with Gasteiger partial charge in [-0.25, -0.2) is 8.42 Å². The van der Waals surface area contributed by atoms with Crippen molar-refractivity contribution >= 4 is 32.8 Å². The molecule has 1 fully saturated rings. The van der Waals surface area contributed by atoms with Gasteiger partial charge in [-0.05, 0) is 24.3 Å². The SMILES string of the molecule is Nc1ccsc1C(=O)NC1CCCS(=O)(=O)C1. The molecule has 0 aliphatic carbocycles. The highest BCUT2D eigenvalue weighted by atomic mass is 32.2. The molecule has 1 aromatic heterocycles. The van der Waals surface area contributed by atoms with Crippen LogP contribution in [0.5, 0.6) is 0 Å². The zero-order chi connectivity index (χ0) is 12.5. The maximum absolute atomic E-state index is 11.8. The van der Waals surface area contributed by atoms with Crippen molar-refractivity contribution in [3.63, 3.8) is 0 Å². The molecule has 3 N–H and O–H groups in total. The summed E-state index contributed by atoms with van der Waals surface area (Å²) in [4.78, 5) is 12.3. The molecule has 2 rings (SSSR count). The lowest BCUT2D eigenvalue weighted by Crippen LogP contribution is -2.43. The Hall–Kier alpha value is -1.08. The van der Waals surface area contributed by atoms with Gasteiger partial charge in [0, 0.05) is 6.04 Å². The minimum Gasteiger partial charge on any atom is -0.397 e. The number of nitrogens with two attached hydrogens (primary N) is 1. The van der Waals surface area contributed by atoms with Crippen LogP contribution < -0.4 is 11.1 Å². The van der Waals surface area contributed by atoms with Crippen LogP contribution in [-0.2, 0) is 9.84 Å². The van der Waals surface area contributed by atoms with Crippen LogP contribution >= 0.6 is 11.3 Å². The Kier molecular flexibility index (Phi) is 3.39. The Morgan fingerprint density at radius 3 is 2.88 bits per heavy atom. The van der Waals surface area contributed by atoms with E-state index in [-0.39, 0.29) is 23.5 Å². The third kappa shape index (κ3) is 2.98. The highest BCUT2D eigenvalue weighted by Gasteiger charge is 2.26. The molecule has 1 aromatic rings. The molecule has 5 nitrogen and oxygen atoms in total. The average Bonchev–Trinajstić information content (AvgIpc) is 2.62. The fourth-order valence-electron chi connectivity index (χ4n) is 1.89. The maximum Gasteiger partial charge on any atom is 0.263 e. The predicted molar refractivity (Wildman–Crippen MR) is 67.9 cm³/mol. The van der Waals surface area contributed by atoms with Crippen molar-refractivity contribution in [3.05, 3.63) is 16.3 Å². The third-order valence-electron chi connectivity index (χ3n) is 2.70. The number of nitrogens with one attached hydrogen (secondary N) is 1. The van der Waals surface area contributed by atoms with Crippen molar-refractivity contribution < 1.29 is 13.2 Å². The van der Waals surface area contributed by atoms with Gasteiger partial charge in [0.2, 0.25) is 0 Å². The zero-order valence-corrected chi connectivity index (χ0v) is 10.8. The Morgan fingerprint density at radius 2 is 2.29 bits per heavy atom. The van der Waals surface area contributed by atoms with Crippen LogP contribution in [0.2, 0.25) is 0 Å². The van der Waals surface area contributed by atoms with Crippen LogP contribution in [0.1, 0.15) is 22.5 Å². The first kappa shape index (κ1) is 12.4. The Labute approximate surface area is 104 Å². The Bertz CT molecular complexity index is 521. The third-order valence-corrected chi connectivity index (χ3v) is 5.45. The molecule has 1 unspecified atom stereocenters. The summed E-state index contributed by atoms with van der Waals surface area (Å²) < 4.78 is 22.8. The topological polar surface area (TPSA) is 89.3 Å². The van der Waals surface area contributed by atoms with Gasteiger partial charge < -0.3 is 11.1 Å². The van der Waals surface area contributed by atoms with Gasteiger partial charge in [0.25, 0.3) is 5.91 Å². The lowest BCUT2D eigenvalue weighted by Gasteiger charge is -2.22. The van der Waals surface area contributed by atoms with Gasteiger partial charge >= 0.3 is 0 Å². The number of sulfone groups is 1. The van der Waals surface area contributed by atoms with Gasteiger partial charge in [-0.3, -0.25) is 4.79 Å². The minimum absolute atomic E-state index is 0.0318. The summed E-state index contributed by atoms with van der Waals surface area (Å²) in [5.41, 5.74) is 6.07. The monoisotopic (exact) mass is 274 g/mol. The van der Waals surface area contributed by atoms with E-state index in [1.807, 2.05) is 0 Å². The highest BCUT2D eigenvalue weighted by molar-refractivity contribution is 7.91. The summed E-state index contributed by atoms with van der Waals surface area (Å²) in [5.74, 6) is -0.0237. The van der Waals surface area contributed by atoms with Crippen molar-refractivity contribution in [3.8, 4) is 0 Å². The minimum atomic E-state index is -3.00. The lowest BCUT2D eigenvalue weighted by molar-refractivity contribution is 0.0943. The first-order chi connectivity index (χ1) is 7.98. The molecule has 1 saturated heterocycles. The molecule has 1 aliphatic rings. The number of rotatable bonds is 2. The molecule has 1 aliphatic heterocycles. The van der Waals surface area contributed by atoms with Crippen molar-refractivity contribution in [1.29, 1.82) is 0 Å². The van der Waals surface area contributed by atoms with E-state index in [1.165, 1.54) is 11.3 Å². The van der Waals surface area contributed by atoms with Crippen molar-refractivity contribution in [1.82, 2.24) is 5.32 Å². The van der Waals surface area contributed by atoms with E-state index in [2.05, 4.69) is 5.32 Å². The molecule has 0 radical (unpaired) electrons. The van der Waals surface area contributed by atoms with Crippen LogP contribution in [0.25, 0.3) is 0 Å². The maximum atomic E-state index is 11.8. The van der Waals surface area contributed by atoms with E-state index in [0.717, 1.165) is 0 Å². The number of carbonyl (C=O) groups excluding carboxylic acids is 1. The van der Waals surface area contributed by atoms with E-state index in [9.17, 15) is 13.2 Å². The van der Waals surface area contributed by atoms with Crippen molar-refractivity contribution in [2.45, 2.75) is 18.9 Å². The smallest absolute Gasteiger partial charge is 0.263 e. The summed E-state index contributed by atoms with van der Waals surface area (Å²) in [6.07, 6.45) is 1.31.